The van der Waals surface area contributed by atoms with Crippen molar-refractivity contribution in [3.05, 3.63) is 27.5 Å². The maximum absolute atomic E-state index is 5.82. The van der Waals surface area contributed by atoms with E-state index < -0.39 is 0 Å². The van der Waals surface area contributed by atoms with Crippen molar-refractivity contribution in [3.63, 3.8) is 0 Å². The molecule has 1 N–H and O–H groups in total. The lowest BCUT2D eigenvalue weighted by molar-refractivity contribution is 0.910. The minimum absolute atomic E-state index is 0.466. The number of pyridine rings is 1. The molecule has 0 aliphatic carbocycles. The Hall–Kier alpha value is 0.170. The van der Waals surface area contributed by atoms with E-state index >= 15 is 0 Å². The number of hydrogen-bond donors (Lipinski definition) is 1. The predicted octanol–water partition coefficient (Wildman–Crippen LogP) is 2.74. The highest BCUT2D eigenvalue weighted by Crippen LogP contribution is 2.18. The van der Waals surface area contributed by atoms with Crippen molar-refractivity contribution in [1.29, 1.82) is 0 Å². The molecule has 1 rings (SSSR count). The molecule has 0 amide bonds. The second-order valence-corrected chi connectivity index (χ2v) is 3.48. The standard InChI is InChI=1S/C6H5BrCl2N2/c7-4-1-5(8)6(3-11-9)10-2-4/h1-2,11H,3H2. The molecule has 0 saturated heterocycles. The SMILES string of the molecule is ClNCc1ncc(Br)cc1Cl. The zero-order valence-corrected chi connectivity index (χ0v) is 8.54. The molecule has 5 heteroatoms. The van der Waals surface area contributed by atoms with Crippen molar-refractivity contribution in [2.24, 2.45) is 0 Å². The van der Waals surface area contributed by atoms with E-state index in [-0.39, 0.29) is 0 Å². The zero-order valence-electron chi connectivity index (χ0n) is 5.44. The molecule has 0 atom stereocenters. The quantitative estimate of drug-likeness (QED) is 0.823. The third kappa shape index (κ3) is 2.60. The monoisotopic (exact) mass is 254 g/mol. The topological polar surface area (TPSA) is 24.9 Å². The number of halogens is 3. The van der Waals surface area contributed by atoms with Gasteiger partial charge >= 0.3 is 0 Å². The molecule has 0 aromatic carbocycles. The summed E-state index contributed by atoms with van der Waals surface area (Å²) in [7, 11) is 0. The van der Waals surface area contributed by atoms with E-state index in [9.17, 15) is 0 Å². The molecule has 1 aromatic rings. The Morgan fingerprint density at radius 2 is 2.36 bits per heavy atom. The van der Waals surface area contributed by atoms with Crippen LogP contribution < -0.4 is 4.84 Å². The van der Waals surface area contributed by atoms with Crippen LogP contribution in [0.1, 0.15) is 5.69 Å². The summed E-state index contributed by atoms with van der Waals surface area (Å²) in [5, 5.41) is 0.604. The van der Waals surface area contributed by atoms with E-state index in [0.29, 0.717) is 11.6 Å². The van der Waals surface area contributed by atoms with Crippen LogP contribution in [0.15, 0.2) is 16.7 Å². The third-order valence-corrected chi connectivity index (χ3v) is 2.01. The van der Waals surface area contributed by atoms with Crippen LogP contribution in [0.25, 0.3) is 0 Å². The summed E-state index contributed by atoms with van der Waals surface area (Å²) < 4.78 is 0.862. The largest absolute Gasteiger partial charge is 0.257 e. The average Bonchev–Trinajstić information content (AvgIpc) is 1.95. The molecule has 0 spiro atoms. The molecule has 11 heavy (non-hydrogen) atoms. The van der Waals surface area contributed by atoms with Gasteiger partial charge in [0, 0.05) is 10.7 Å². The lowest BCUT2D eigenvalue weighted by atomic mass is 10.3. The van der Waals surface area contributed by atoms with Gasteiger partial charge in [0.15, 0.2) is 0 Å². The molecule has 0 radical (unpaired) electrons. The molecule has 0 aliphatic rings. The summed E-state index contributed by atoms with van der Waals surface area (Å²) in [6.07, 6.45) is 1.68. The van der Waals surface area contributed by atoms with E-state index in [4.69, 9.17) is 23.4 Å². The van der Waals surface area contributed by atoms with Crippen LogP contribution in [0.2, 0.25) is 5.02 Å². The molecule has 0 unspecified atom stereocenters. The Bertz CT molecular complexity index is 254. The van der Waals surface area contributed by atoms with Gasteiger partial charge in [0.2, 0.25) is 0 Å². The van der Waals surface area contributed by atoms with Gasteiger partial charge in [0.25, 0.3) is 0 Å². The van der Waals surface area contributed by atoms with Gasteiger partial charge in [-0.2, -0.15) is 0 Å². The number of nitrogens with zero attached hydrogens (tertiary/aromatic N) is 1. The van der Waals surface area contributed by atoms with Crippen molar-refractivity contribution < 1.29 is 0 Å². The first-order valence-electron chi connectivity index (χ1n) is 2.87. The zero-order chi connectivity index (χ0) is 8.27. The maximum atomic E-state index is 5.82. The van der Waals surface area contributed by atoms with Crippen molar-refractivity contribution in [2.45, 2.75) is 6.54 Å². The van der Waals surface area contributed by atoms with Gasteiger partial charge in [0.05, 0.1) is 17.3 Å². The summed E-state index contributed by atoms with van der Waals surface area (Å²) in [5.74, 6) is 0. The number of hydrogen-bond acceptors (Lipinski definition) is 2. The van der Waals surface area contributed by atoms with Gasteiger partial charge < -0.3 is 0 Å². The fraction of sp³-hybridized carbons (Fsp3) is 0.167. The first-order chi connectivity index (χ1) is 5.24. The fourth-order valence-electron chi connectivity index (χ4n) is 0.636. The van der Waals surface area contributed by atoms with Crippen LogP contribution in [0, 0.1) is 0 Å². The summed E-state index contributed by atoms with van der Waals surface area (Å²) in [6, 6.07) is 1.78. The first kappa shape index (κ1) is 9.26. The predicted molar refractivity (Wildman–Crippen MR) is 49.6 cm³/mol. The van der Waals surface area contributed by atoms with Crippen LogP contribution in [-0.2, 0) is 6.54 Å². The molecular formula is C6H5BrCl2N2. The highest BCUT2D eigenvalue weighted by molar-refractivity contribution is 9.10. The summed E-state index contributed by atoms with van der Waals surface area (Å²) >= 11 is 14.4. The Balaban J connectivity index is 2.90. The normalized spacial score (nSPS) is 10.1. The van der Waals surface area contributed by atoms with Gasteiger partial charge in [-0.25, -0.2) is 4.84 Å². The van der Waals surface area contributed by atoms with Gasteiger partial charge in [-0.15, -0.1) is 0 Å². The second kappa shape index (κ2) is 4.26. The third-order valence-electron chi connectivity index (χ3n) is 1.12. The molecule has 60 valence electrons. The van der Waals surface area contributed by atoms with Gasteiger partial charge in [0.1, 0.15) is 0 Å². The van der Waals surface area contributed by atoms with Crippen LogP contribution in [0.3, 0.4) is 0 Å². The highest BCUT2D eigenvalue weighted by Gasteiger charge is 2.00. The minimum atomic E-state index is 0.466. The van der Waals surface area contributed by atoms with Crippen molar-refractivity contribution in [3.8, 4) is 0 Å². The summed E-state index contributed by atoms with van der Waals surface area (Å²) in [4.78, 5) is 6.50. The molecular weight excluding hydrogens is 251 g/mol. The van der Waals surface area contributed by atoms with Gasteiger partial charge in [-0.05, 0) is 33.8 Å². The molecule has 1 aromatic heterocycles. The number of aromatic nitrogens is 1. The second-order valence-electron chi connectivity index (χ2n) is 1.89. The fourth-order valence-corrected chi connectivity index (χ4v) is 1.46. The van der Waals surface area contributed by atoms with E-state index in [1.54, 1.807) is 12.3 Å². The molecule has 2 nitrogen and oxygen atoms in total. The Morgan fingerprint density at radius 3 is 2.91 bits per heavy atom. The lowest BCUT2D eigenvalue weighted by Crippen LogP contribution is -2.01. The highest BCUT2D eigenvalue weighted by atomic mass is 79.9. The van der Waals surface area contributed by atoms with Gasteiger partial charge in [-0.1, -0.05) is 11.6 Å². The smallest absolute Gasteiger partial charge is 0.0741 e. The molecule has 0 aliphatic heterocycles. The Labute approximate surface area is 83.2 Å². The summed E-state index contributed by atoms with van der Waals surface area (Å²) in [6.45, 7) is 0.466. The Kier molecular flexibility index (Phi) is 3.59. The number of rotatable bonds is 2. The van der Waals surface area contributed by atoms with E-state index in [0.717, 1.165) is 10.2 Å². The van der Waals surface area contributed by atoms with Crippen LogP contribution in [0.5, 0.6) is 0 Å². The maximum Gasteiger partial charge on any atom is 0.0741 e. The van der Waals surface area contributed by atoms with Crippen LogP contribution in [0.4, 0.5) is 0 Å². The molecule has 0 fully saturated rings. The molecule has 1 heterocycles. The van der Waals surface area contributed by atoms with Crippen molar-refractivity contribution >= 4 is 39.3 Å². The molecule has 0 bridgehead atoms. The molecule has 0 saturated carbocycles. The van der Waals surface area contributed by atoms with E-state index in [1.807, 2.05) is 0 Å². The van der Waals surface area contributed by atoms with E-state index in [1.165, 1.54) is 0 Å². The number of nitrogens with one attached hydrogen (secondary N) is 1. The van der Waals surface area contributed by atoms with Crippen molar-refractivity contribution in [1.82, 2.24) is 9.82 Å². The minimum Gasteiger partial charge on any atom is -0.257 e. The van der Waals surface area contributed by atoms with Gasteiger partial charge in [-0.3, -0.25) is 4.98 Å². The van der Waals surface area contributed by atoms with Crippen LogP contribution >= 0.6 is 39.3 Å². The summed E-state index contributed by atoms with van der Waals surface area (Å²) in [5.41, 5.74) is 0.741. The first-order valence-corrected chi connectivity index (χ1v) is 4.42. The van der Waals surface area contributed by atoms with Crippen LogP contribution in [-0.4, -0.2) is 4.98 Å². The lowest BCUT2D eigenvalue weighted by Gasteiger charge is -2.00. The van der Waals surface area contributed by atoms with E-state index in [2.05, 4.69) is 25.7 Å². The van der Waals surface area contributed by atoms with Crippen molar-refractivity contribution in [2.75, 3.05) is 0 Å². The average molecular weight is 256 g/mol. The Morgan fingerprint density at radius 1 is 1.64 bits per heavy atom.